The second-order valence-corrected chi connectivity index (χ2v) is 5.44. The average molecular weight is 263 g/mol. The smallest absolute Gasteiger partial charge is 0.169 e. The highest BCUT2D eigenvalue weighted by atomic mass is 32.1. The Hall–Kier alpha value is -1.16. The van der Waals surface area contributed by atoms with Gasteiger partial charge in [-0.1, -0.05) is 18.9 Å². The monoisotopic (exact) mass is 263 g/mol. The lowest BCUT2D eigenvalue weighted by molar-refractivity contribution is 0.465. The van der Waals surface area contributed by atoms with E-state index in [1.165, 1.54) is 25.7 Å². The minimum Gasteiger partial charge on any atom is -0.360 e. The van der Waals surface area contributed by atoms with Gasteiger partial charge in [0.05, 0.1) is 12.2 Å². The Kier molecular flexibility index (Phi) is 4.53. The second-order valence-electron chi connectivity index (χ2n) is 5.06. The molecule has 0 spiro atoms. The zero-order valence-corrected chi connectivity index (χ0v) is 12.0. The average Bonchev–Trinajstić information content (AvgIpc) is 2.81. The lowest BCUT2D eigenvalue weighted by Gasteiger charge is -2.23. The van der Waals surface area contributed by atoms with E-state index in [1.807, 2.05) is 32.2 Å². The first kappa shape index (κ1) is 13.3. The van der Waals surface area contributed by atoms with Gasteiger partial charge in [-0.15, -0.1) is 0 Å². The van der Waals surface area contributed by atoms with Crippen molar-refractivity contribution in [2.24, 2.45) is 0 Å². The lowest BCUT2D eigenvalue weighted by Crippen LogP contribution is -2.41. The van der Waals surface area contributed by atoms with E-state index in [0.29, 0.717) is 6.04 Å². The van der Waals surface area contributed by atoms with Crippen LogP contribution >= 0.6 is 12.2 Å². The third-order valence-corrected chi connectivity index (χ3v) is 3.80. The molecular weight excluding hydrogens is 242 g/mol. The van der Waals surface area contributed by atoms with Crippen molar-refractivity contribution in [1.82, 2.24) is 15.2 Å². The van der Waals surface area contributed by atoms with Gasteiger partial charge in [0.25, 0.3) is 0 Å². The SMILES string of the molecule is Cc1cccc(CN(C)C(=S)NC2CCCC2)n1. The van der Waals surface area contributed by atoms with E-state index in [2.05, 4.69) is 15.2 Å². The number of pyridine rings is 1. The molecule has 4 heteroatoms. The summed E-state index contributed by atoms with van der Waals surface area (Å²) in [6.45, 7) is 2.78. The van der Waals surface area contributed by atoms with Crippen molar-refractivity contribution < 1.29 is 0 Å². The second kappa shape index (κ2) is 6.14. The maximum atomic E-state index is 5.43. The number of thiocarbonyl (C=S) groups is 1. The van der Waals surface area contributed by atoms with Crippen LogP contribution in [0, 0.1) is 6.92 Å². The predicted molar refractivity (Wildman–Crippen MR) is 78.4 cm³/mol. The topological polar surface area (TPSA) is 28.2 Å². The van der Waals surface area contributed by atoms with Gasteiger partial charge in [0.1, 0.15) is 0 Å². The maximum absolute atomic E-state index is 5.43. The summed E-state index contributed by atoms with van der Waals surface area (Å²) in [5.74, 6) is 0. The third kappa shape index (κ3) is 3.67. The van der Waals surface area contributed by atoms with E-state index >= 15 is 0 Å². The maximum Gasteiger partial charge on any atom is 0.169 e. The van der Waals surface area contributed by atoms with Gasteiger partial charge >= 0.3 is 0 Å². The number of aromatic nitrogens is 1. The summed E-state index contributed by atoms with van der Waals surface area (Å²) in [6.07, 6.45) is 5.14. The molecule has 98 valence electrons. The van der Waals surface area contributed by atoms with Gasteiger partial charge in [0, 0.05) is 18.8 Å². The van der Waals surface area contributed by atoms with Gasteiger partial charge in [0.2, 0.25) is 0 Å². The Morgan fingerprint density at radius 1 is 1.44 bits per heavy atom. The van der Waals surface area contributed by atoms with E-state index in [-0.39, 0.29) is 0 Å². The Balaban J connectivity index is 1.86. The van der Waals surface area contributed by atoms with Crippen LogP contribution in [0.5, 0.6) is 0 Å². The molecule has 1 aliphatic rings. The highest BCUT2D eigenvalue weighted by Crippen LogP contribution is 2.17. The molecule has 1 aromatic heterocycles. The summed E-state index contributed by atoms with van der Waals surface area (Å²) in [7, 11) is 2.02. The van der Waals surface area contributed by atoms with Crippen molar-refractivity contribution in [3.8, 4) is 0 Å². The lowest BCUT2D eigenvalue weighted by atomic mass is 10.2. The molecule has 0 saturated heterocycles. The molecule has 3 nitrogen and oxygen atoms in total. The summed E-state index contributed by atoms with van der Waals surface area (Å²) in [4.78, 5) is 6.56. The van der Waals surface area contributed by atoms with Gasteiger partial charge in [0.15, 0.2) is 5.11 Å². The van der Waals surface area contributed by atoms with Gasteiger partial charge in [-0.2, -0.15) is 0 Å². The highest BCUT2D eigenvalue weighted by Gasteiger charge is 2.17. The van der Waals surface area contributed by atoms with Crippen molar-refractivity contribution >= 4 is 17.3 Å². The number of nitrogens with one attached hydrogen (secondary N) is 1. The van der Waals surface area contributed by atoms with Crippen molar-refractivity contribution in [3.63, 3.8) is 0 Å². The minimum absolute atomic E-state index is 0.574. The summed E-state index contributed by atoms with van der Waals surface area (Å²) in [5, 5.41) is 4.28. The summed E-state index contributed by atoms with van der Waals surface area (Å²) in [5.41, 5.74) is 2.11. The number of aryl methyl sites for hydroxylation is 1. The highest BCUT2D eigenvalue weighted by molar-refractivity contribution is 7.80. The molecule has 0 aromatic carbocycles. The van der Waals surface area contributed by atoms with Crippen LogP contribution < -0.4 is 5.32 Å². The molecule has 0 unspecified atom stereocenters. The number of rotatable bonds is 3. The van der Waals surface area contributed by atoms with Crippen LogP contribution in [0.15, 0.2) is 18.2 Å². The largest absolute Gasteiger partial charge is 0.360 e. The quantitative estimate of drug-likeness (QED) is 0.849. The molecule has 1 saturated carbocycles. The van der Waals surface area contributed by atoms with E-state index in [9.17, 15) is 0 Å². The minimum atomic E-state index is 0.574. The van der Waals surface area contributed by atoms with Crippen LogP contribution in [-0.4, -0.2) is 28.1 Å². The van der Waals surface area contributed by atoms with Crippen molar-refractivity contribution in [1.29, 1.82) is 0 Å². The van der Waals surface area contributed by atoms with Crippen molar-refractivity contribution in [2.75, 3.05) is 7.05 Å². The van der Waals surface area contributed by atoms with Crippen LogP contribution in [0.2, 0.25) is 0 Å². The van der Waals surface area contributed by atoms with Crippen molar-refractivity contribution in [3.05, 3.63) is 29.6 Å². The van der Waals surface area contributed by atoms with E-state index in [4.69, 9.17) is 12.2 Å². The van der Waals surface area contributed by atoms with Gasteiger partial charge in [-0.05, 0) is 44.1 Å². The molecule has 1 aliphatic carbocycles. The number of nitrogens with zero attached hydrogens (tertiary/aromatic N) is 2. The van der Waals surface area contributed by atoms with E-state index in [0.717, 1.165) is 23.0 Å². The molecule has 0 radical (unpaired) electrons. The fourth-order valence-corrected chi connectivity index (χ4v) is 2.59. The predicted octanol–water partition coefficient (Wildman–Crippen LogP) is 2.64. The first-order valence-electron chi connectivity index (χ1n) is 6.59. The zero-order chi connectivity index (χ0) is 13.0. The van der Waals surface area contributed by atoms with Gasteiger partial charge in [-0.3, -0.25) is 4.98 Å². The first-order valence-corrected chi connectivity index (χ1v) is 7.00. The third-order valence-electron chi connectivity index (χ3n) is 3.37. The van der Waals surface area contributed by atoms with Crippen LogP contribution in [-0.2, 0) is 6.54 Å². The van der Waals surface area contributed by atoms with Gasteiger partial charge < -0.3 is 10.2 Å². The zero-order valence-electron chi connectivity index (χ0n) is 11.1. The van der Waals surface area contributed by atoms with Gasteiger partial charge in [-0.25, -0.2) is 0 Å². The summed E-state index contributed by atoms with van der Waals surface area (Å²) >= 11 is 5.43. The number of hydrogen-bond donors (Lipinski definition) is 1. The molecule has 1 aromatic rings. The Morgan fingerprint density at radius 2 is 2.17 bits per heavy atom. The fraction of sp³-hybridized carbons (Fsp3) is 0.571. The summed E-state index contributed by atoms with van der Waals surface area (Å²) in [6, 6.07) is 6.67. The Bertz CT molecular complexity index is 413. The van der Waals surface area contributed by atoms with Crippen molar-refractivity contribution in [2.45, 2.75) is 45.2 Å². The van der Waals surface area contributed by atoms with E-state index < -0.39 is 0 Å². The number of hydrogen-bond acceptors (Lipinski definition) is 2. The molecule has 0 atom stereocenters. The molecular formula is C14H21N3S. The fourth-order valence-electron chi connectivity index (χ4n) is 2.36. The summed E-state index contributed by atoms with van der Waals surface area (Å²) < 4.78 is 0. The van der Waals surface area contributed by atoms with Crippen LogP contribution in [0.1, 0.15) is 37.1 Å². The molecule has 0 amide bonds. The molecule has 0 bridgehead atoms. The van der Waals surface area contributed by atoms with Crippen LogP contribution in [0.3, 0.4) is 0 Å². The Labute approximate surface area is 115 Å². The van der Waals surface area contributed by atoms with Crippen LogP contribution in [0.4, 0.5) is 0 Å². The van der Waals surface area contributed by atoms with E-state index in [1.54, 1.807) is 0 Å². The van der Waals surface area contributed by atoms with Crippen LogP contribution in [0.25, 0.3) is 0 Å². The molecule has 0 aliphatic heterocycles. The molecule has 18 heavy (non-hydrogen) atoms. The normalized spacial score (nSPS) is 15.7. The first-order chi connectivity index (χ1) is 8.65. The molecule has 1 N–H and O–H groups in total. The standard InChI is InChI=1S/C14H21N3S/c1-11-6-5-9-13(15-11)10-17(2)14(18)16-12-7-3-4-8-12/h5-6,9,12H,3-4,7-8,10H2,1-2H3,(H,16,18). The molecule has 1 fully saturated rings. The molecule has 1 heterocycles. The Morgan fingerprint density at radius 3 is 2.83 bits per heavy atom. The molecule has 2 rings (SSSR count).